The molecule has 1 N–H and O–H groups in total. The second-order valence-electron chi connectivity index (χ2n) is 6.59. The number of rotatable bonds is 6. The first kappa shape index (κ1) is 18.1. The minimum absolute atomic E-state index is 0.0676. The molecule has 5 heteroatoms. The van der Waals surface area contributed by atoms with Crippen LogP contribution in [0.1, 0.15) is 29.9 Å². The van der Waals surface area contributed by atoms with Gasteiger partial charge in [0.2, 0.25) is 5.91 Å². The number of aliphatic carboxylic acids is 1. The molecule has 0 radical (unpaired) electrons. The number of amides is 1. The lowest BCUT2D eigenvalue weighted by molar-refractivity contribution is -0.140. The maximum atomic E-state index is 13.5. The second kappa shape index (κ2) is 8.15. The highest BCUT2D eigenvalue weighted by Crippen LogP contribution is 2.31. The summed E-state index contributed by atoms with van der Waals surface area (Å²) in [5.74, 6) is -1.43. The monoisotopic (exact) mass is 353 g/mol. The molecule has 1 saturated heterocycles. The molecule has 0 aromatic heterocycles. The van der Waals surface area contributed by atoms with Crippen LogP contribution in [0, 0.1) is 0 Å². The number of likely N-dealkylation sites (tertiary alicyclic amines) is 1. The number of hydrogen-bond donors (Lipinski definition) is 1. The largest absolute Gasteiger partial charge is 0.481 e. The van der Waals surface area contributed by atoms with E-state index in [2.05, 4.69) is 0 Å². The minimum atomic E-state index is -0.902. The molecular weight excluding hydrogens is 330 g/mol. The maximum Gasteiger partial charge on any atom is 0.305 e. The molecule has 5 nitrogen and oxygen atoms in total. The maximum absolute atomic E-state index is 13.5. The van der Waals surface area contributed by atoms with Gasteiger partial charge in [0.25, 0.3) is 0 Å². The molecule has 2 atom stereocenters. The molecule has 0 bridgehead atoms. The van der Waals surface area contributed by atoms with Gasteiger partial charge in [0.05, 0.1) is 18.4 Å². The summed E-state index contributed by atoms with van der Waals surface area (Å²) in [6.45, 7) is 0.420. The van der Waals surface area contributed by atoms with Crippen molar-refractivity contribution in [1.29, 1.82) is 0 Å². The van der Waals surface area contributed by atoms with Crippen molar-refractivity contribution in [2.45, 2.75) is 30.9 Å². The topological polar surface area (TPSA) is 66.8 Å². The summed E-state index contributed by atoms with van der Waals surface area (Å²) >= 11 is 0. The van der Waals surface area contributed by atoms with E-state index >= 15 is 0 Å². The Hall–Kier alpha value is -2.66. The molecule has 1 aliphatic rings. The van der Waals surface area contributed by atoms with E-state index in [4.69, 9.17) is 4.74 Å². The molecule has 26 heavy (non-hydrogen) atoms. The van der Waals surface area contributed by atoms with Crippen LogP contribution in [-0.4, -0.2) is 47.7 Å². The van der Waals surface area contributed by atoms with E-state index < -0.39 is 11.9 Å². The Balaban J connectivity index is 1.95. The van der Waals surface area contributed by atoms with E-state index in [9.17, 15) is 14.7 Å². The lowest BCUT2D eigenvalue weighted by Crippen LogP contribution is -2.40. The van der Waals surface area contributed by atoms with Crippen LogP contribution < -0.4 is 0 Å². The van der Waals surface area contributed by atoms with Crippen molar-refractivity contribution in [3.8, 4) is 0 Å². The first-order valence-corrected chi connectivity index (χ1v) is 8.75. The molecule has 0 saturated carbocycles. The summed E-state index contributed by atoms with van der Waals surface area (Å²) in [7, 11) is 1.60. The Morgan fingerprint density at radius 2 is 1.62 bits per heavy atom. The van der Waals surface area contributed by atoms with Gasteiger partial charge in [0, 0.05) is 19.7 Å². The molecule has 1 aliphatic heterocycles. The third-order valence-electron chi connectivity index (χ3n) is 4.92. The van der Waals surface area contributed by atoms with Gasteiger partial charge >= 0.3 is 5.97 Å². The molecule has 136 valence electrons. The molecule has 0 spiro atoms. The number of carboxylic acids is 1. The second-order valence-corrected chi connectivity index (χ2v) is 6.59. The van der Waals surface area contributed by atoms with Crippen molar-refractivity contribution in [2.24, 2.45) is 0 Å². The van der Waals surface area contributed by atoms with Crippen LogP contribution in [0.5, 0.6) is 0 Å². The predicted molar refractivity (Wildman–Crippen MR) is 97.9 cm³/mol. The summed E-state index contributed by atoms with van der Waals surface area (Å²) < 4.78 is 5.41. The van der Waals surface area contributed by atoms with E-state index in [1.54, 1.807) is 12.0 Å². The summed E-state index contributed by atoms with van der Waals surface area (Å²) in [5, 5.41) is 9.23. The van der Waals surface area contributed by atoms with Crippen molar-refractivity contribution in [1.82, 2.24) is 4.90 Å². The number of carbonyl (C=O) groups is 2. The Kier molecular flexibility index (Phi) is 5.68. The zero-order valence-corrected chi connectivity index (χ0v) is 14.7. The predicted octanol–water partition coefficient (Wildman–Crippen LogP) is 2.91. The van der Waals surface area contributed by atoms with Gasteiger partial charge in [-0.1, -0.05) is 60.7 Å². The Morgan fingerprint density at radius 3 is 2.08 bits per heavy atom. The fourth-order valence-electron chi connectivity index (χ4n) is 3.64. The van der Waals surface area contributed by atoms with Crippen molar-refractivity contribution in [3.05, 3.63) is 71.8 Å². The van der Waals surface area contributed by atoms with E-state index in [0.29, 0.717) is 13.0 Å². The summed E-state index contributed by atoms with van der Waals surface area (Å²) in [4.78, 5) is 26.4. The molecule has 2 unspecified atom stereocenters. The Bertz CT molecular complexity index is 708. The number of carboxylic acid groups (broad SMARTS) is 1. The van der Waals surface area contributed by atoms with Gasteiger partial charge in [0.1, 0.15) is 0 Å². The van der Waals surface area contributed by atoms with E-state index in [0.717, 1.165) is 11.1 Å². The third kappa shape index (κ3) is 3.94. The number of ether oxygens (including phenoxy) is 1. The van der Waals surface area contributed by atoms with Crippen LogP contribution >= 0.6 is 0 Å². The standard InChI is InChI=1S/C21H23NO4/c1-26-18-12-17(13-19(23)24)22(14-18)21(25)20(15-8-4-2-5-9-15)16-10-6-3-7-11-16/h2-11,17-18,20H,12-14H2,1H3,(H,23,24). The van der Waals surface area contributed by atoms with Crippen molar-refractivity contribution >= 4 is 11.9 Å². The normalized spacial score (nSPS) is 19.7. The van der Waals surface area contributed by atoms with Gasteiger partial charge < -0.3 is 14.7 Å². The number of hydrogen-bond acceptors (Lipinski definition) is 3. The van der Waals surface area contributed by atoms with E-state index in [-0.39, 0.29) is 24.5 Å². The van der Waals surface area contributed by atoms with Crippen molar-refractivity contribution in [3.63, 3.8) is 0 Å². The lowest BCUT2D eigenvalue weighted by Gasteiger charge is -2.28. The zero-order chi connectivity index (χ0) is 18.5. The third-order valence-corrected chi connectivity index (χ3v) is 4.92. The van der Waals surface area contributed by atoms with Crippen molar-refractivity contribution < 1.29 is 19.4 Å². The summed E-state index contributed by atoms with van der Waals surface area (Å²) in [6.07, 6.45) is 0.350. The number of carbonyl (C=O) groups excluding carboxylic acids is 1. The Labute approximate surface area is 153 Å². The van der Waals surface area contributed by atoms with Crippen LogP contribution in [0.4, 0.5) is 0 Å². The smallest absolute Gasteiger partial charge is 0.305 e. The quantitative estimate of drug-likeness (QED) is 0.867. The molecule has 0 aliphatic carbocycles. The summed E-state index contributed by atoms with van der Waals surface area (Å²) in [6, 6.07) is 18.9. The number of nitrogens with zero attached hydrogens (tertiary/aromatic N) is 1. The zero-order valence-electron chi connectivity index (χ0n) is 14.7. The SMILES string of the molecule is COC1CC(CC(=O)O)N(C(=O)C(c2ccccc2)c2ccccc2)C1. The average molecular weight is 353 g/mol. The molecule has 3 rings (SSSR count). The van der Waals surface area contributed by atoms with Crippen LogP contribution in [-0.2, 0) is 14.3 Å². The van der Waals surface area contributed by atoms with Crippen LogP contribution in [0.2, 0.25) is 0 Å². The molecule has 2 aromatic rings. The molecular formula is C21H23NO4. The average Bonchev–Trinajstić information content (AvgIpc) is 3.06. The van der Waals surface area contributed by atoms with Crippen LogP contribution in [0.15, 0.2) is 60.7 Å². The van der Waals surface area contributed by atoms with E-state index in [1.807, 2.05) is 60.7 Å². The molecule has 1 fully saturated rings. The fraction of sp³-hybridized carbons (Fsp3) is 0.333. The van der Waals surface area contributed by atoms with Gasteiger partial charge in [-0.05, 0) is 17.5 Å². The number of benzene rings is 2. The highest BCUT2D eigenvalue weighted by Gasteiger charge is 2.39. The lowest BCUT2D eigenvalue weighted by atomic mass is 9.89. The first-order chi connectivity index (χ1) is 12.6. The highest BCUT2D eigenvalue weighted by atomic mass is 16.5. The van der Waals surface area contributed by atoms with Gasteiger partial charge in [-0.3, -0.25) is 9.59 Å². The van der Waals surface area contributed by atoms with Gasteiger partial charge in [0.15, 0.2) is 0 Å². The van der Waals surface area contributed by atoms with Crippen molar-refractivity contribution in [2.75, 3.05) is 13.7 Å². The van der Waals surface area contributed by atoms with Crippen LogP contribution in [0.3, 0.4) is 0 Å². The molecule has 1 amide bonds. The fourth-order valence-corrected chi connectivity index (χ4v) is 3.64. The minimum Gasteiger partial charge on any atom is -0.481 e. The van der Waals surface area contributed by atoms with E-state index in [1.165, 1.54) is 0 Å². The number of methoxy groups -OCH3 is 1. The van der Waals surface area contributed by atoms with Gasteiger partial charge in [-0.15, -0.1) is 0 Å². The van der Waals surface area contributed by atoms with Gasteiger partial charge in [-0.25, -0.2) is 0 Å². The highest BCUT2D eigenvalue weighted by molar-refractivity contribution is 5.88. The van der Waals surface area contributed by atoms with Crippen LogP contribution in [0.25, 0.3) is 0 Å². The Morgan fingerprint density at radius 1 is 1.08 bits per heavy atom. The molecule has 1 heterocycles. The molecule has 2 aromatic carbocycles. The van der Waals surface area contributed by atoms with Gasteiger partial charge in [-0.2, -0.15) is 0 Å². The first-order valence-electron chi connectivity index (χ1n) is 8.75. The summed E-state index contributed by atoms with van der Waals surface area (Å²) in [5.41, 5.74) is 1.80.